The summed E-state index contributed by atoms with van der Waals surface area (Å²) < 4.78 is 10.5. The van der Waals surface area contributed by atoms with Gasteiger partial charge in [0.05, 0.1) is 14.2 Å². The van der Waals surface area contributed by atoms with Gasteiger partial charge in [0.2, 0.25) is 5.75 Å². The number of ether oxygens (including phenoxy) is 2. The van der Waals surface area contributed by atoms with Crippen LogP contribution in [0, 0.1) is 17.8 Å². The van der Waals surface area contributed by atoms with Gasteiger partial charge in [-0.05, 0) is 48.3 Å². The summed E-state index contributed by atoms with van der Waals surface area (Å²) in [5.74, 6) is 3.61. The van der Waals surface area contributed by atoms with Gasteiger partial charge in [-0.1, -0.05) is 12.2 Å². The molecule has 1 aromatic carbocycles. The Morgan fingerprint density at radius 3 is 2.15 bits per heavy atom. The summed E-state index contributed by atoms with van der Waals surface area (Å²) in [6, 6.07) is 3.82. The van der Waals surface area contributed by atoms with Crippen molar-refractivity contribution in [3.63, 3.8) is 0 Å². The third-order valence-corrected chi connectivity index (χ3v) is 6.32. The van der Waals surface area contributed by atoms with E-state index in [9.17, 15) is 5.11 Å². The number of hydrogen-bond donors (Lipinski definition) is 1. The molecule has 5 nitrogen and oxygen atoms in total. The summed E-state index contributed by atoms with van der Waals surface area (Å²) >= 11 is 0. The molecule has 0 radical (unpaired) electrons. The summed E-state index contributed by atoms with van der Waals surface area (Å²) in [6.07, 6.45) is 7.68. The summed E-state index contributed by atoms with van der Waals surface area (Å²) in [4.78, 5) is 5.12. The van der Waals surface area contributed by atoms with E-state index < -0.39 is 0 Å². The highest BCUT2D eigenvalue weighted by Crippen LogP contribution is 2.43. The fourth-order valence-corrected chi connectivity index (χ4v) is 4.86. The van der Waals surface area contributed by atoms with Crippen LogP contribution in [0.4, 0.5) is 0 Å². The second kappa shape index (κ2) is 7.49. The minimum absolute atomic E-state index is 0.0727. The number of benzene rings is 1. The van der Waals surface area contributed by atoms with Crippen LogP contribution in [-0.2, 0) is 6.54 Å². The molecule has 1 saturated carbocycles. The summed E-state index contributed by atoms with van der Waals surface area (Å²) in [7, 11) is 3.14. The molecule has 0 amide bonds. The van der Waals surface area contributed by atoms with E-state index in [-0.39, 0.29) is 5.75 Å². The number of nitrogens with zero attached hydrogens (tertiary/aromatic N) is 2. The molecule has 1 N–H and O–H groups in total. The normalized spacial score (nSPS) is 28.6. The van der Waals surface area contributed by atoms with Gasteiger partial charge < -0.3 is 19.5 Å². The van der Waals surface area contributed by atoms with Gasteiger partial charge >= 0.3 is 0 Å². The van der Waals surface area contributed by atoms with Gasteiger partial charge in [0.15, 0.2) is 11.5 Å². The lowest BCUT2D eigenvalue weighted by Gasteiger charge is -2.37. The summed E-state index contributed by atoms with van der Waals surface area (Å²) in [5, 5.41) is 10.1. The second-order valence-corrected chi connectivity index (χ2v) is 7.97. The van der Waals surface area contributed by atoms with E-state index in [1.54, 1.807) is 14.2 Å². The Morgan fingerprint density at radius 1 is 0.962 bits per heavy atom. The lowest BCUT2D eigenvalue weighted by atomic mass is 9.93. The van der Waals surface area contributed by atoms with E-state index in [1.807, 2.05) is 12.1 Å². The van der Waals surface area contributed by atoms with Gasteiger partial charge in [-0.3, -0.25) is 4.90 Å². The molecular formula is C21H30N2O3. The number of phenolic OH excluding ortho intramolecular Hbond substituents is 1. The third kappa shape index (κ3) is 3.55. The molecule has 1 saturated heterocycles. The van der Waals surface area contributed by atoms with Crippen molar-refractivity contribution >= 4 is 0 Å². The van der Waals surface area contributed by atoms with E-state index in [0.717, 1.165) is 56.0 Å². The zero-order valence-electron chi connectivity index (χ0n) is 15.9. The van der Waals surface area contributed by atoms with Crippen LogP contribution in [0.15, 0.2) is 24.3 Å². The molecule has 5 heteroatoms. The van der Waals surface area contributed by atoms with Crippen molar-refractivity contribution in [2.75, 3.05) is 46.9 Å². The number of fused-ring (bicyclic) bond motifs is 2. The van der Waals surface area contributed by atoms with Gasteiger partial charge in [0, 0.05) is 39.3 Å². The summed E-state index contributed by atoms with van der Waals surface area (Å²) in [6.45, 7) is 6.58. The lowest BCUT2D eigenvalue weighted by molar-refractivity contribution is 0.108. The van der Waals surface area contributed by atoms with E-state index in [0.29, 0.717) is 11.5 Å². The molecule has 2 fully saturated rings. The van der Waals surface area contributed by atoms with E-state index in [4.69, 9.17) is 9.47 Å². The highest BCUT2D eigenvalue weighted by molar-refractivity contribution is 5.52. The van der Waals surface area contributed by atoms with Crippen molar-refractivity contribution in [1.29, 1.82) is 0 Å². The first-order valence-corrected chi connectivity index (χ1v) is 9.73. The van der Waals surface area contributed by atoms with Crippen molar-refractivity contribution in [2.45, 2.75) is 19.4 Å². The standard InChI is InChI=1S/C21H30N2O3/c1-25-19-11-16(12-20(26-2)21(19)24)13-22-5-7-23(8-6-22)14-18-10-15-3-4-17(18)9-15/h3-4,11-12,15,17-18,24H,5-10,13-14H2,1-2H3/t15-,17-,18+/m1/s1. The van der Waals surface area contributed by atoms with Gasteiger partial charge in [0.25, 0.3) is 0 Å². The van der Waals surface area contributed by atoms with Gasteiger partial charge in [-0.25, -0.2) is 0 Å². The molecule has 1 aliphatic heterocycles. The topological polar surface area (TPSA) is 45.2 Å². The Bertz CT molecular complexity index is 642. The average Bonchev–Trinajstić information content (AvgIpc) is 3.27. The van der Waals surface area contributed by atoms with Crippen LogP contribution in [0.2, 0.25) is 0 Å². The molecule has 0 aromatic heterocycles. The molecule has 3 aliphatic rings. The van der Waals surface area contributed by atoms with E-state index >= 15 is 0 Å². The van der Waals surface area contributed by atoms with Gasteiger partial charge in [0.1, 0.15) is 0 Å². The molecule has 26 heavy (non-hydrogen) atoms. The second-order valence-electron chi connectivity index (χ2n) is 7.97. The number of allylic oxidation sites excluding steroid dienone is 2. The number of phenols is 1. The molecule has 0 spiro atoms. The predicted octanol–water partition coefficient (Wildman–Crippen LogP) is 2.74. The molecule has 1 heterocycles. The third-order valence-electron chi connectivity index (χ3n) is 6.32. The Balaban J connectivity index is 1.30. The highest BCUT2D eigenvalue weighted by Gasteiger charge is 2.36. The van der Waals surface area contributed by atoms with Gasteiger partial charge in [-0.2, -0.15) is 0 Å². The first-order valence-electron chi connectivity index (χ1n) is 9.73. The molecular weight excluding hydrogens is 328 g/mol. The molecule has 4 rings (SSSR count). The fraction of sp³-hybridized carbons (Fsp3) is 0.619. The maximum absolute atomic E-state index is 10.1. The molecule has 0 unspecified atom stereocenters. The minimum atomic E-state index is 0.0727. The zero-order chi connectivity index (χ0) is 18.1. The van der Waals surface area contributed by atoms with Crippen LogP contribution in [0.3, 0.4) is 0 Å². The van der Waals surface area contributed by atoms with Crippen LogP contribution < -0.4 is 9.47 Å². The predicted molar refractivity (Wildman–Crippen MR) is 102 cm³/mol. The van der Waals surface area contributed by atoms with Crippen LogP contribution in [-0.4, -0.2) is 61.8 Å². The Labute approximate surface area is 156 Å². The quantitative estimate of drug-likeness (QED) is 0.792. The highest BCUT2D eigenvalue weighted by atomic mass is 16.5. The number of aromatic hydroxyl groups is 1. The largest absolute Gasteiger partial charge is 0.502 e. The van der Waals surface area contributed by atoms with Crippen LogP contribution >= 0.6 is 0 Å². The molecule has 3 atom stereocenters. The van der Waals surface area contributed by atoms with Crippen LogP contribution in [0.25, 0.3) is 0 Å². The van der Waals surface area contributed by atoms with Crippen molar-refractivity contribution < 1.29 is 14.6 Å². The van der Waals surface area contributed by atoms with E-state index in [1.165, 1.54) is 19.4 Å². The average molecular weight is 358 g/mol. The first-order chi connectivity index (χ1) is 12.7. The first kappa shape index (κ1) is 17.7. The van der Waals surface area contributed by atoms with E-state index in [2.05, 4.69) is 22.0 Å². The van der Waals surface area contributed by atoms with Crippen molar-refractivity contribution in [3.05, 3.63) is 29.8 Å². The summed E-state index contributed by atoms with van der Waals surface area (Å²) in [5.41, 5.74) is 1.11. The number of piperazine rings is 1. The monoisotopic (exact) mass is 358 g/mol. The SMILES string of the molecule is COc1cc(CN2CCN(C[C@@H]3C[C@@H]4C=C[C@@H]3C4)CC2)cc(OC)c1O. The molecule has 2 bridgehead atoms. The molecule has 2 aliphatic carbocycles. The van der Waals surface area contributed by atoms with Crippen molar-refractivity contribution in [1.82, 2.24) is 9.80 Å². The maximum atomic E-state index is 10.1. The van der Waals surface area contributed by atoms with Crippen molar-refractivity contribution in [3.8, 4) is 17.2 Å². The minimum Gasteiger partial charge on any atom is -0.502 e. The fourth-order valence-electron chi connectivity index (χ4n) is 4.86. The van der Waals surface area contributed by atoms with Crippen LogP contribution in [0.5, 0.6) is 17.2 Å². The van der Waals surface area contributed by atoms with Crippen molar-refractivity contribution in [2.24, 2.45) is 17.8 Å². The smallest absolute Gasteiger partial charge is 0.200 e. The Hall–Kier alpha value is -1.72. The Morgan fingerprint density at radius 2 is 1.62 bits per heavy atom. The lowest BCUT2D eigenvalue weighted by Crippen LogP contribution is -2.47. The molecule has 142 valence electrons. The number of hydrogen-bond acceptors (Lipinski definition) is 5. The maximum Gasteiger partial charge on any atom is 0.200 e. The van der Waals surface area contributed by atoms with Crippen LogP contribution in [0.1, 0.15) is 18.4 Å². The number of methoxy groups -OCH3 is 2. The van der Waals surface area contributed by atoms with Gasteiger partial charge in [-0.15, -0.1) is 0 Å². The number of rotatable bonds is 6. The Kier molecular flexibility index (Phi) is 5.09. The zero-order valence-corrected chi connectivity index (χ0v) is 15.9. The molecule has 1 aromatic rings.